The van der Waals surface area contributed by atoms with Gasteiger partial charge in [-0.3, -0.25) is 0 Å². The molecule has 0 amide bonds. The first-order valence-electron chi connectivity index (χ1n) is 9.39. The summed E-state index contributed by atoms with van der Waals surface area (Å²) in [5, 5.41) is 7.95. The summed E-state index contributed by atoms with van der Waals surface area (Å²) >= 11 is 0. The zero-order valence-corrected chi connectivity index (χ0v) is 17.9. The monoisotopic (exact) mass is 429 g/mol. The van der Waals surface area contributed by atoms with E-state index < -0.39 is 22.1 Å². The first kappa shape index (κ1) is 21.7. The SMILES string of the molecule is Cc1ccc(-c2nnc(C(C)OC(=O)c3cccc(S(=O)(=O)NC(C)C)c3)o2)cc1. The number of carbonyl (C=O) groups is 1. The van der Waals surface area contributed by atoms with E-state index in [1.165, 1.54) is 24.3 Å². The molecule has 8 nitrogen and oxygen atoms in total. The van der Waals surface area contributed by atoms with Gasteiger partial charge in [0.05, 0.1) is 10.5 Å². The minimum absolute atomic E-state index is 0.0160. The number of esters is 1. The third kappa shape index (κ3) is 5.11. The van der Waals surface area contributed by atoms with Crippen molar-refractivity contribution in [2.24, 2.45) is 0 Å². The molecular weight excluding hydrogens is 406 g/mol. The van der Waals surface area contributed by atoms with E-state index in [4.69, 9.17) is 9.15 Å². The van der Waals surface area contributed by atoms with Crippen LogP contribution < -0.4 is 4.72 Å². The quantitative estimate of drug-likeness (QED) is 0.571. The Hall–Kier alpha value is -3.04. The van der Waals surface area contributed by atoms with Crippen molar-refractivity contribution in [3.05, 3.63) is 65.5 Å². The van der Waals surface area contributed by atoms with Crippen LogP contribution in [0.4, 0.5) is 0 Å². The summed E-state index contributed by atoms with van der Waals surface area (Å²) in [6.45, 7) is 7.01. The molecule has 3 aromatic rings. The van der Waals surface area contributed by atoms with E-state index >= 15 is 0 Å². The molecule has 30 heavy (non-hydrogen) atoms. The van der Waals surface area contributed by atoms with Gasteiger partial charge in [-0.25, -0.2) is 17.9 Å². The zero-order valence-electron chi connectivity index (χ0n) is 17.1. The van der Waals surface area contributed by atoms with E-state index in [0.717, 1.165) is 11.1 Å². The van der Waals surface area contributed by atoms with Crippen LogP contribution in [0.3, 0.4) is 0 Å². The summed E-state index contributed by atoms with van der Waals surface area (Å²) in [7, 11) is -3.73. The number of carbonyl (C=O) groups excluding carboxylic acids is 1. The van der Waals surface area contributed by atoms with E-state index in [1.54, 1.807) is 20.8 Å². The van der Waals surface area contributed by atoms with Gasteiger partial charge in [0.25, 0.3) is 5.89 Å². The van der Waals surface area contributed by atoms with Crippen molar-refractivity contribution in [3.8, 4) is 11.5 Å². The summed E-state index contributed by atoms with van der Waals surface area (Å²) in [5.41, 5.74) is 1.97. The summed E-state index contributed by atoms with van der Waals surface area (Å²) in [6, 6.07) is 13.0. The lowest BCUT2D eigenvalue weighted by molar-refractivity contribution is 0.0279. The average molecular weight is 429 g/mol. The maximum Gasteiger partial charge on any atom is 0.338 e. The lowest BCUT2D eigenvalue weighted by atomic mass is 10.1. The van der Waals surface area contributed by atoms with Gasteiger partial charge >= 0.3 is 5.97 Å². The highest BCUT2D eigenvalue weighted by Crippen LogP contribution is 2.24. The molecule has 3 rings (SSSR count). The Morgan fingerprint density at radius 1 is 1.07 bits per heavy atom. The third-order valence-electron chi connectivity index (χ3n) is 4.14. The third-order valence-corrected chi connectivity index (χ3v) is 5.80. The molecule has 2 aromatic carbocycles. The number of nitrogens with zero attached hydrogens (tertiary/aromatic N) is 2. The summed E-state index contributed by atoms with van der Waals surface area (Å²) in [4.78, 5) is 12.5. The molecule has 0 aliphatic carbocycles. The number of hydrogen-bond donors (Lipinski definition) is 1. The van der Waals surface area contributed by atoms with Crippen LogP contribution in [-0.4, -0.2) is 30.6 Å². The number of hydrogen-bond acceptors (Lipinski definition) is 7. The number of aromatic nitrogens is 2. The summed E-state index contributed by atoms with van der Waals surface area (Å²) in [5.74, 6) is -0.232. The minimum atomic E-state index is -3.73. The molecule has 0 fully saturated rings. The summed E-state index contributed by atoms with van der Waals surface area (Å²) < 4.78 is 38.1. The standard InChI is InChI=1S/C21H23N3O5S/c1-13(2)24-30(26,27)18-7-5-6-17(12-18)21(25)28-15(4)19-22-23-20(29-19)16-10-8-14(3)9-11-16/h5-13,15,24H,1-4H3. The number of nitrogens with one attached hydrogen (secondary N) is 1. The molecule has 1 heterocycles. The van der Waals surface area contributed by atoms with Crippen LogP contribution in [0.25, 0.3) is 11.5 Å². The molecule has 0 aliphatic heterocycles. The molecule has 0 radical (unpaired) electrons. The second-order valence-corrected chi connectivity index (χ2v) is 8.88. The van der Waals surface area contributed by atoms with Crippen LogP contribution in [0.15, 0.2) is 57.8 Å². The molecule has 1 atom stereocenters. The van der Waals surface area contributed by atoms with Gasteiger partial charge in [-0.15, -0.1) is 10.2 Å². The van der Waals surface area contributed by atoms with Crippen LogP contribution in [0, 0.1) is 6.92 Å². The Bertz CT molecular complexity index is 1140. The van der Waals surface area contributed by atoms with Crippen molar-refractivity contribution in [1.82, 2.24) is 14.9 Å². The van der Waals surface area contributed by atoms with Crippen molar-refractivity contribution < 1.29 is 22.4 Å². The molecule has 1 aromatic heterocycles. The fourth-order valence-electron chi connectivity index (χ4n) is 2.66. The first-order valence-corrected chi connectivity index (χ1v) is 10.9. The lowest BCUT2D eigenvalue weighted by Gasteiger charge is -2.12. The van der Waals surface area contributed by atoms with Crippen molar-refractivity contribution >= 4 is 16.0 Å². The molecule has 158 valence electrons. The number of benzene rings is 2. The zero-order chi connectivity index (χ0) is 21.9. The van der Waals surface area contributed by atoms with E-state index in [0.29, 0.717) is 5.89 Å². The van der Waals surface area contributed by atoms with Gasteiger partial charge in [-0.05, 0) is 58.0 Å². The molecule has 1 unspecified atom stereocenters. The molecule has 0 spiro atoms. The van der Waals surface area contributed by atoms with Gasteiger partial charge in [-0.1, -0.05) is 23.8 Å². The second kappa shape index (κ2) is 8.76. The molecule has 9 heteroatoms. The van der Waals surface area contributed by atoms with Gasteiger partial charge < -0.3 is 9.15 Å². The Kier molecular flexibility index (Phi) is 6.33. The Morgan fingerprint density at radius 3 is 2.43 bits per heavy atom. The average Bonchev–Trinajstić information content (AvgIpc) is 3.18. The van der Waals surface area contributed by atoms with Crippen LogP contribution in [0.1, 0.15) is 48.7 Å². The fourth-order valence-corrected chi connectivity index (χ4v) is 3.96. The predicted octanol–water partition coefficient (Wildman–Crippen LogP) is 3.65. The van der Waals surface area contributed by atoms with Crippen LogP contribution in [0.5, 0.6) is 0 Å². The topological polar surface area (TPSA) is 111 Å². The first-order chi connectivity index (χ1) is 14.2. The summed E-state index contributed by atoms with van der Waals surface area (Å²) in [6.07, 6.45) is -0.807. The smallest absolute Gasteiger partial charge is 0.338 e. The molecule has 0 saturated carbocycles. The number of rotatable bonds is 7. The Balaban J connectivity index is 1.73. The van der Waals surface area contributed by atoms with Gasteiger partial charge in [0.1, 0.15) is 0 Å². The van der Waals surface area contributed by atoms with Crippen LogP contribution >= 0.6 is 0 Å². The van der Waals surface area contributed by atoms with E-state index in [2.05, 4.69) is 14.9 Å². The van der Waals surface area contributed by atoms with Gasteiger partial charge in [-0.2, -0.15) is 0 Å². The largest absolute Gasteiger partial charge is 0.449 e. The maximum absolute atomic E-state index is 12.5. The predicted molar refractivity (Wildman–Crippen MR) is 110 cm³/mol. The van der Waals surface area contributed by atoms with Gasteiger partial charge in [0.15, 0.2) is 6.10 Å². The molecule has 0 aliphatic rings. The van der Waals surface area contributed by atoms with E-state index in [-0.39, 0.29) is 22.4 Å². The second-order valence-electron chi connectivity index (χ2n) is 7.16. The van der Waals surface area contributed by atoms with Gasteiger partial charge in [0, 0.05) is 11.6 Å². The molecule has 0 bridgehead atoms. The van der Waals surface area contributed by atoms with Crippen molar-refractivity contribution in [2.45, 2.75) is 44.7 Å². The molecule has 0 saturated heterocycles. The molecule has 1 N–H and O–H groups in total. The normalized spacial score (nSPS) is 12.7. The van der Waals surface area contributed by atoms with E-state index in [9.17, 15) is 13.2 Å². The minimum Gasteiger partial charge on any atom is -0.449 e. The highest BCUT2D eigenvalue weighted by atomic mass is 32.2. The van der Waals surface area contributed by atoms with Crippen molar-refractivity contribution in [1.29, 1.82) is 0 Å². The Morgan fingerprint density at radius 2 is 1.77 bits per heavy atom. The lowest BCUT2D eigenvalue weighted by Crippen LogP contribution is -2.30. The highest BCUT2D eigenvalue weighted by molar-refractivity contribution is 7.89. The van der Waals surface area contributed by atoms with Crippen LogP contribution in [0.2, 0.25) is 0 Å². The fraction of sp³-hybridized carbons (Fsp3) is 0.286. The number of sulfonamides is 1. The van der Waals surface area contributed by atoms with Gasteiger partial charge in [0.2, 0.25) is 15.9 Å². The van der Waals surface area contributed by atoms with Crippen molar-refractivity contribution in [2.75, 3.05) is 0 Å². The van der Waals surface area contributed by atoms with Crippen LogP contribution in [-0.2, 0) is 14.8 Å². The van der Waals surface area contributed by atoms with Crippen molar-refractivity contribution in [3.63, 3.8) is 0 Å². The Labute approximate surface area is 175 Å². The highest BCUT2D eigenvalue weighted by Gasteiger charge is 2.22. The number of ether oxygens (including phenoxy) is 1. The van der Waals surface area contributed by atoms with E-state index in [1.807, 2.05) is 31.2 Å². The maximum atomic E-state index is 12.5. The molecular formula is C21H23N3O5S. The number of aryl methyl sites for hydroxylation is 1.